The second kappa shape index (κ2) is 16.7. The van der Waals surface area contributed by atoms with Gasteiger partial charge in [0.2, 0.25) is 0 Å². The van der Waals surface area contributed by atoms with Crippen LogP contribution in [0.25, 0.3) is 11.1 Å². The van der Waals surface area contributed by atoms with Crippen molar-refractivity contribution in [2.24, 2.45) is 5.73 Å². The third-order valence-corrected chi connectivity index (χ3v) is 7.56. The molecular weight excluding hydrogens is 586 g/mol. The molecule has 0 aliphatic rings. The number of hydrogen-bond donors (Lipinski definition) is 2. The Morgan fingerprint density at radius 1 is 0.891 bits per heavy atom. The largest absolute Gasteiger partial charge is 0.456 e. The molecule has 4 aromatic rings. The molecule has 3 aromatic carbocycles. The fourth-order valence-corrected chi connectivity index (χ4v) is 5.43. The van der Waals surface area contributed by atoms with Crippen LogP contribution >= 0.6 is 0 Å². The molecule has 0 spiro atoms. The first-order valence-electron chi connectivity index (χ1n) is 15.7. The minimum absolute atomic E-state index is 0.0747. The summed E-state index contributed by atoms with van der Waals surface area (Å²) in [7, 11) is 0. The highest BCUT2D eigenvalue weighted by Crippen LogP contribution is 2.20. The average Bonchev–Trinajstić information content (AvgIpc) is 3.03. The molecule has 0 bridgehead atoms. The van der Waals surface area contributed by atoms with Gasteiger partial charge in [-0.2, -0.15) is 0 Å². The molecule has 0 aliphatic carbocycles. The van der Waals surface area contributed by atoms with E-state index in [1.165, 1.54) is 12.1 Å². The molecule has 0 saturated carbocycles. The highest BCUT2D eigenvalue weighted by molar-refractivity contribution is 5.98. The lowest BCUT2D eigenvalue weighted by Gasteiger charge is -2.25. The summed E-state index contributed by atoms with van der Waals surface area (Å²) in [5, 5.41) is 3.33. The maximum atomic E-state index is 13.9. The van der Waals surface area contributed by atoms with Gasteiger partial charge in [-0.3, -0.25) is 9.78 Å². The zero-order valence-electron chi connectivity index (χ0n) is 26.6. The van der Waals surface area contributed by atoms with Gasteiger partial charge >= 0.3 is 5.97 Å². The number of nitrogens with one attached hydrogen (secondary N) is 1. The standard InChI is InChI=1S/C37H42F2N4O3/c1-4-12-43(13-5-2)36(44)30-14-25(3)15-31(20-30)37(45)46-35(34(40)19-27-17-32(38)21-33(39)18-27)24-42-22-26-8-6-9-28(16-26)29-10-7-11-41-23-29/h6-11,14-18,20-21,23,34-35,42H,4-5,12-13,19,22,24,40H2,1-3H3/t34-,35+/m0/s1. The van der Waals surface area contributed by atoms with Gasteiger partial charge in [-0.05, 0) is 96.5 Å². The van der Waals surface area contributed by atoms with E-state index < -0.39 is 29.7 Å². The van der Waals surface area contributed by atoms with Gasteiger partial charge in [-0.15, -0.1) is 0 Å². The summed E-state index contributed by atoms with van der Waals surface area (Å²) >= 11 is 0. The van der Waals surface area contributed by atoms with Gasteiger partial charge in [0.1, 0.15) is 17.7 Å². The number of amides is 1. The van der Waals surface area contributed by atoms with E-state index in [4.69, 9.17) is 10.5 Å². The summed E-state index contributed by atoms with van der Waals surface area (Å²) in [6.07, 6.45) is 4.39. The second-order valence-electron chi connectivity index (χ2n) is 11.5. The van der Waals surface area contributed by atoms with Crippen molar-refractivity contribution < 1.29 is 23.1 Å². The van der Waals surface area contributed by atoms with E-state index in [2.05, 4.69) is 10.3 Å². The van der Waals surface area contributed by atoms with Gasteiger partial charge in [-0.25, -0.2) is 13.6 Å². The predicted molar refractivity (Wildman–Crippen MR) is 176 cm³/mol. The van der Waals surface area contributed by atoms with Crippen molar-refractivity contribution in [3.63, 3.8) is 0 Å². The summed E-state index contributed by atoms with van der Waals surface area (Å²) in [5.41, 5.74) is 11.3. The van der Waals surface area contributed by atoms with Crippen LogP contribution in [-0.2, 0) is 17.7 Å². The van der Waals surface area contributed by atoms with Crippen LogP contribution in [0.2, 0.25) is 0 Å². The number of rotatable bonds is 15. The van der Waals surface area contributed by atoms with Crippen molar-refractivity contribution in [3.05, 3.63) is 125 Å². The highest BCUT2D eigenvalue weighted by atomic mass is 19.1. The Hall–Kier alpha value is -4.47. The molecule has 46 heavy (non-hydrogen) atoms. The SMILES string of the molecule is CCCN(CCC)C(=O)c1cc(C)cc(C(=O)O[C@H](CNCc2cccc(-c3cccnc3)c2)[C@@H](N)Cc2cc(F)cc(F)c2)c1. The normalized spacial score (nSPS) is 12.4. The van der Waals surface area contributed by atoms with Gasteiger partial charge in [0, 0.05) is 56.2 Å². The van der Waals surface area contributed by atoms with Crippen LogP contribution in [0, 0.1) is 18.6 Å². The molecule has 242 valence electrons. The van der Waals surface area contributed by atoms with Gasteiger partial charge in [0.25, 0.3) is 5.91 Å². The number of carbonyl (C=O) groups excluding carboxylic acids is 2. The Balaban J connectivity index is 1.53. The zero-order valence-corrected chi connectivity index (χ0v) is 26.6. The molecule has 2 atom stereocenters. The van der Waals surface area contributed by atoms with Crippen LogP contribution in [-0.4, -0.2) is 53.5 Å². The van der Waals surface area contributed by atoms with E-state index >= 15 is 0 Å². The Morgan fingerprint density at radius 2 is 1.59 bits per heavy atom. The number of hydrogen-bond acceptors (Lipinski definition) is 6. The Morgan fingerprint density at radius 3 is 2.26 bits per heavy atom. The van der Waals surface area contributed by atoms with Crippen molar-refractivity contribution in [2.45, 2.75) is 58.7 Å². The third-order valence-electron chi connectivity index (χ3n) is 7.56. The van der Waals surface area contributed by atoms with Gasteiger partial charge < -0.3 is 20.7 Å². The monoisotopic (exact) mass is 628 g/mol. The van der Waals surface area contributed by atoms with Crippen LogP contribution in [0.4, 0.5) is 8.78 Å². The van der Waals surface area contributed by atoms with Crippen molar-refractivity contribution in [1.82, 2.24) is 15.2 Å². The number of pyridine rings is 1. The van der Waals surface area contributed by atoms with Crippen molar-refractivity contribution in [2.75, 3.05) is 19.6 Å². The van der Waals surface area contributed by atoms with Gasteiger partial charge in [0.15, 0.2) is 0 Å². The molecule has 7 nitrogen and oxygen atoms in total. The molecule has 1 amide bonds. The molecule has 0 fully saturated rings. The van der Waals surface area contributed by atoms with Gasteiger partial charge in [0.05, 0.1) is 5.56 Å². The molecule has 0 radical (unpaired) electrons. The van der Waals surface area contributed by atoms with E-state index in [9.17, 15) is 18.4 Å². The maximum Gasteiger partial charge on any atom is 0.338 e. The quantitative estimate of drug-likeness (QED) is 0.146. The predicted octanol–water partition coefficient (Wildman–Crippen LogP) is 6.48. The molecular formula is C37H42F2N4O3. The molecule has 1 aromatic heterocycles. The van der Waals surface area contributed by atoms with E-state index in [1.54, 1.807) is 35.5 Å². The maximum absolute atomic E-state index is 13.9. The van der Waals surface area contributed by atoms with Crippen LogP contribution in [0.5, 0.6) is 0 Å². The first kappa shape index (κ1) is 34.4. The molecule has 4 rings (SSSR count). The van der Waals surface area contributed by atoms with Crippen LogP contribution in [0.15, 0.2) is 85.2 Å². The van der Waals surface area contributed by atoms with Crippen molar-refractivity contribution in [3.8, 4) is 11.1 Å². The fraction of sp³-hybridized carbons (Fsp3) is 0.324. The number of esters is 1. The van der Waals surface area contributed by atoms with Crippen LogP contribution < -0.4 is 11.1 Å². The molecule has 9 heteroatoms. The van der Waals surface area contributed by atoms with E-state index in [0.29, 0.717) is 30.8 Å². The van der Waals surface area contributed by atoms with Crippen molar-refractivity contribution in [1.29, 1.82) is 0 Å². The first-order valence-corrected chi connectivity index (χ1v) is 15.7. The molecule has 1 heterocycles. The average molecular weight is 629 g/mol. The molecule has 3 N–H and O–H groups in total. The van der Waals surface area contributed by atoms with Crippen LogP contribution in [0.1, 0.15) is 64.1 Å². The number of carbonyl (C=O) groups is 2. The number of aromatic nitrogens is 1. The van der Waals surface area contributed by atoms with E-state index in [-0.39, 0.29) is 24.4 Å². The topological polar surface area (TPSA) is 97.5 Å². The number of halogens is 2. The third kappa shape index (κ3) is 9.76. The van der Waals surface area contributed by atoms with Crippen LogP contribution in [0.3, 0.4) is 0 Å². The number of nitrogens with two attached hydrogens (primary N) is 1. The number of nitrogens with zero attached hydrogens (tertiary/aromatic N) is 2. The Bertz CT molecular complexity index is 1590. The molecule has 0 aliphatic heterocycles. The fourth-order valence-electron chi connectivity index (χ4n) is 5.43. The van der Waals surface area contributed by atoms with Crippen molar-refractivity contribution >= 4 is 11.9 Å². The lowest BCUT2D eigenvalue weighted by atomic mass is 10.0. The summed E-state index contributed by atoms with van der Waals surface area (Å²) in [5.74, 6) is -2.20. The van der Waals surface area contributed by atoms with E-state index in [1.807, 2.05) is 57.2 Å². The minimum atomic E-state index is -0.850. The minimum Gasteiger partial charge on any atom is -0.456 e. The summed E-state index contributed by atoms with van der Waals surface area (Å²) in [4.78, 5) is 32.8. The first-order chi connectivity index (χ1) is 22.2. The summed E-state index contributed by atoms with van der Waals surface area (Å²) in [6, 6.07) is 19.3. The molecule has 0 unspecified atom stereocenters. The van der Waals surface area contributed by atoms with E-state index in [0.717, 1.165) is 41.2 Å². The lowest BCUT2D eigenvalue weighted by molar-refractivity contribution is 0.0238. The summed E-state index contributed by atoms with van der Waals surface area (Å²) < 4.78 is 33.8. The smallest absolute Gasteiger partial charge is 0.338 e. The second-order valence-corrected chi connectivity index (χ2v) is 11.5. The Labute approximate surface area is 269 Å². The molecule has 0 saturated heterocycles. The summed E-state index contributed by atoms with van der Waals surface area (Å²) in [6.45, 7) is 7.73. The zero-order chi connectivity index (χ0) is 33.1. The van der Waals surface area contributed by atoms with Gasteiger partial charge in [-0.1, -0.05) is 38.1 Å². The number of benzene rings is 3. The Kier molecular flexibility index (Phi) is 12.5. The highest BCUT2D eigenvalue weighted by Gasteiger charge is 2.25. The number of ether oxygens (including phenoxy) is 1. The number of aryl methyl sites for hydroxylation is 1. The lowest BCUT2D eigenvalue weighted by Crippen LogP contribution is -2.46.